The summed E-state index contributed by atoms with van der Waals surface area (Å²) in [6.07, 6.45) is 0. The minimum absolute atomic E-state index is 0.0310. The highest BCUT2D eigenvalue weighted by Gasteiger charge is 2.45. The molecule has 0 unspecified atom stereocenters. The number of aryl methyl sites for hydroxylation is 1. The Kier molecular flexibility index (Phi) is 4.08. The van der Waals surface area contributed by atoms with Crippen molar-refractivity contribution < 1.29 is 22.4 Å². The number of benzene rings is 2. The van der Waals surface area contributed by atoms with Crippen molar-refractivity contribution in [2.24, 2.45) is 0 Å². The average Bonchev–Trinajstić information content (AvgIpc) is 2.77. The molecule has 1 N–H and O–H groups in total. The molecule has 130 valence electrons. The molecule has 0 spiro atoms. The second-order valence-electron chi connectivity index (χ2n) is 5.73. The molecule has 2 aromatic carbocycles. The Morgan fingerprint density at radius 3 is 2.52 bits per heavy atom. The lowest BCUT2D eigenvalue weighted by atomic mass is 10.2. The summed E-state index contributed by atoms with van der Waals surface area (Å²) in [5.41, 5.74) is 0.629. The summed E-state index contributed by atoms with van der Waals surface area (Å²) in [5.74, 6) is -1.98. The van der Waals surface area contributed by atoms with E-state index in [9.17, 15) is 22.4 Å². The summed E-state index contributed by atoms with van der Waals surface area (Å²) in [7, 11) is -4.10. The number of nitrogens with one attached hydrogen (secondary N) is 1. The largest absolute Gasteiger partial charge is 0.324 e. The van der Waals surface area contributed by atoms with Crippen molar-refractivity contribution in [2.45, 2.75) is 24.8 Å². The van der Waals surface area contributed by atoms with Crippen LogP contribution in [0.4, 0.5) is 10.1 Å². The molecule has 0 saturated heterocycles. The first-order chi connectivity index (χ1) is 11.7. The zero-order valence-corrected chi connectivity index (χ0v) is 14.3. The van der Waals surface area contributed by atoms with Gasteiger partial charge in [0.25, 0.3) is 15.9 Å². The number of sulfonamides is 1. The van der Waals surface area contributed by atoms with E-state index >= 15 is 0 Å². The first-order valence-electron chi connectivity index (χ1n) is 7.48. The molecule has 2 aromatic rings. The highest BCUT2D eigenvalue weighted by Crippen LogP contribution is 2.31. The molecule has 0 bridgehead atoms. The van der Waals surface area contributed by atoms with Crippen LogP contribution in [0.25, 0.3) is 0 Å². The van der Waals surface area contributed by atoms with Crippen molar-refractivity contribution in [3.63, 3.8) is 0 Å². The van der Waals surface area contributed by atoms with Crippen molar-refractivity contribution in [1.29, 1.82) is 0 Å². The molecule has 1 aliphatic heterocycles. The Morgan fingerprint density at radius 2 is 1.88 bits per heavy atom. The fourth-order valence-electron chi connectivity index (χ4n) is 2.61. The van der Waals surface area contributed by atoms with Crippen molar-refractivity contribution in [2.75, 3.05) is 5.32 Å². The van der Waals surface area contributed by atoms with Gasteiger partial charge in [-0.2, -0.15) is 0 Å². The summed E-state index contributed by atoms with van der Waals surface area (Å²) in [6.45, 7) is 2.89. The van der Waals surface area contributed by atoms with E-state index in [1.54, 1.807) is 13.0 Å². The zero-order valence-electron chi connectivity index (χ0n) is 13.5. The van der Waals surface area contributed by atoms with E-state index in [1.165, 1.54) is 37.3 Å². The minimum Gasteiger partial charge on any atom is -0.324 e. The molecule has 0 saturated carbocycles. The maximum Gasteiger partial charge on any atom is 0.269 e. The molecule has 25 heavy (non-hydrogen) atoms. The highest BCUT2D eigenvalue weighted by molar-refractivity contribution is 7.90. The number of amides is 2. The first-order valence-corrected chi connectivity index (χ1v) is 8.92. The number of anilines is 1. The first kappa shape index (κ1) is 17.1. The molecule has 6 nitrogen and oxygen atoms in total. The summed E-state index contributed by atoms with van der Waals surface area (Å²) in [6, 6.07) is 8.62. The van der Waals surface area contributed by atoms with Crippen molar-refractivity contribution in [1.82, 2.24) is 4.31 Å². The molecule has 1 aliphatic rings. The van der Waals surface area contributed by atoms with Crippen LogP contribution in [-0.2, 0) is 14.8 Å². The molecular weight excluding hydrogens is 347 g/mol. The topological polar surface area (TPSA) is 83.6 Å². The van der Waals surface area contributed by atoms with Crippen LogP contribution in [0.1, 0.15) is 22.8 Å². The van der Waals surface area contributed by atoms with Crippen LogP contribution in [-0.4, -0.2) is 30.6 Å². The third-order valence-electron chi connectivity index (χ3n) is 4.03. The Balaban J connectivity index is 1.88. The summed E-state index contributed by atoms with van der Waals surface area (Å²) >= 11 is 0. The van der Waals surface area contributed by atoms with Crippen molar-refractivity contribution >= 4 is 27.5 Å². The quantitative estimate of drug-likeness (QED) is 0.908. The lowest BCUT2D eigenvalue weighted by Crippen LogP contribution is -2.45. The number of hydrogen-bond acceptors (Lipinski definition) is 4. The molecule has 3 rings (SSSR count). The average molecular weight is 362 g/mol. The van der Waals surface area contributed by atoms with E-state index in [1.807, 2.05) is 0 Å². The van der Waals surface area contributed by atoms with Gasteiger partial charge >= 0.3 is 0 Å². The number of rotatable bonds is 3. The summed E-state index contributed by atoms with van der Waals surface area (Å²) < 4.78 is 39.3. The van der Waals surface area contributed by atoms with E-state index in [4.69, 9.17) is 0 Å². The number of carbonyl (C=O) groups excluding carboxylic acids is 2. The molecule has 0 aromatic heterocycles. The third kappa shape index (κ3) is 2.78. The molecule has 0 aliphatic carbocycles. The van der Waals surface area contributed by atoms with Crippen LogP contribution < -0.4 is 5.32 Å². The summed E-state index contributed by atoms with van der Waals surface area (Å²) in [4.78, 5) is 24.7. The Labute approximate surface area is 144 Å². The van der Waals surface area contributed by atoms with Gasteiger partial charge in [0.15, 0.2) is 0 Å². The maximum absolute atomic E-state index is 13.6. The van der Waals surface area contributed by atoms with Gasteiger partial charge in [-0.15, -0.1) is 0 Å². The standard InChI is InChI=1S/C17H15FN2O4S/c1-10-7-8-12(9-14(10)18)19-16(21)11(2)20-17(22)13-5-3-4-6-15(13)25(20,23)24/h3-9,11H,1-2H3,(H,19,21)/t11-/m1/s1. The van der Waals surface area contributed by atoms with E-state index < -0.39 is 33.7 Å². The van der Waals surface area contributed by atoms with E-state index in [0.29, 0.717) is 9.87 Å². The van der Waals surface area contributed by atoms with Gasteiger partial charge in [-0.1, -0.05) is 18.2 Å². The van der Waals surface area contributed by atoms with Crippen molar-refractivity contribution in [3.8, 4) is 0 Å². The number of hydrogen-bond donors (Lipinski definition) is 1. The van der Waals surface area contributed by atoms with Gasteiger partial charge in [-0.3, -0.25) is 9.59 Å². The lowest BCUT2D eigenvalue weighted by molar-refractivity contribution is -0.118. The van der Waals surface area contributed by atoms with E-state index in [-0.39, 0.29) is 16.1 Å². The molecule has 1 atom stereocenters. The zero-order chi connectivity index (χ0) is 18.4. The van der Waals surface area contributed by atoms with Gasteiger partial charge in [-0.05, 0) is 43.7 Å². The number of carbonyl (C=O) groups is 2. The van der Waals surface area contributed by atoms with Crippen LogP contribution >= 0.6 is 0 Å². The Bertz CT molecular complexity index is 988. The Hall–Kier alpha value is -2.74. The fourth-order valence-corrected chi connectivity index (χ4v) is 4.33. The van der Waals surface area contributed by atoms with Crippen LogP contribution in [0.15, 0.2) is 47.4 Å². The van der Waals surface area contributed by atoms with Gasteiger partial charge in [0.1, 0.15) is 16.8 Å². The molecule has 1 heterocycles. The van der Waals surface area contributed by atoms with Gasteiger partial charge in [0.05, 0.1) is 5.56 Å². The SMILES string of the molecule is Cc1ccc(NC(=O)[C@@H](C)N2C(=O)c3ccccc3S2(=O)=O)cc1F. The lowest BCUT2D eigenvalue weighted by Gasteiger charge is -2.22. The smallest absolute Gasteiger partial charge is 0.269 e. The minimum atomic E-state index is -4.10. The van der Waals surface area contributed by atoms with Gasteiger partial charge in [-0.25, -0.2) is 17.1 Å². The summed E-state index contributed by atoms with van der Waals surface area (Å²) in [5, 5.41) is 2.43. The molecule has 8 heteroatoms. The molecule has 0 radical (unpaired) electrons. The van der Waals surface area contributed by atoms with E-state index in [2.05, 4.69) is 5.32 Å². The molecular formula is C17H15FN2O4S. The van der Waals surface area contributed by atoms with Crippen LogP contribution in [0.3, 0.4) is 0 Å². The Morgan fingerprint density at radius 1 is 1.20 bits per heavy atom. The number of halogens is 1. The predicted octanol–water partition coefficient (Wildman–Crippen LogP) is 2.31. The normalized spacial score (nSPS) is 16.4. The van der Waals surface area contributed by atoms with Gasteiger partial charge in [0.2, 0.25) is 5.91 Å². The second-order valence-corrected chi connectivity index (χ2v) is 7.51. The van der Waals surface area contributed by atoms with Gasteiger partial charge in [0, 0.05) is 5.69 Å². The predicted molar refractivity (Wildman–Crippen MR) is 89.0 cm³/mol. The molecule has 2 amide bonds. The van der Waals surface area contributed by atoms with Gasteiger partial charge < -0.3 is 5.32 Å². The maximum atomic E-state index is 13.6. The van der Waals surface area contributed by atoms with Crippen LogP contribution in [0.2, 0.25) is 0 Å². The number of fused-ring (bicyclic) bond motifs is 1. The highest BCUT2D eigenvalue weighted by atomic mass is 32.2. The van der Waals surface area contributed by atoms with Crippen molar-refractivity contribution in [3.05, 3.63) is 59.4 Å². The second kappa shape index (κ2) is 5.96. The van der Waals surface area contributed by atoms with Crippen LogP contribution in [0.5, 0.6) is 0 Å². The third-order valence-corrected chi connectivity index (χ3v) is 5.94. The van der Waals surface area contributed by atoms with Crippen LogP contribution in [0, 0.1) is 12.7 Å². The molecule has 0 fully saturated rings. The monoisotopic (exact) mass is 362 g/mol. The fraction of sp³-hybridized carbons (Fsp3) is 0.176. The van der Waals surface area contributed by atoms with E-state index in [0.717, 1.165) is 6.07 Å². The number of nitrogens with zero attached hydrogens (tertiary/aromatic N) is 1.